The highest BCUT2D eigenvalue weighted by Gasteiger charge is 2.44. The van der Waals surface area contributed by atoms with Crippen LogP contribution in [0.3, 0.4) is 0 Å². The first-order valence-corrected chi connectivity index (χ1v) is 12.3. The van der Waals surface area contributed by atoms with Crippen LogP contribution in [0.15, 0.2) is 42.5 Å². The molecule has 186 valence electrons. The standard InChI is InChI=1S/C26H34ClNO6/c1-2-33-20-6-3-16(4-7-20)13-18-14-17(5-8-21(18)27)26-25(32)24(31)23(30)22(34-26)15-28-11-9-19(29)10-12-28/h3-8,14,19,22-26,29-32H,2,9-13,15H2,1H3/t22-,23-,24+,25-,26+/m1/s1. The summed E-state index contributed by atoms with van der Waals surface area (Å²) in [6, 6.07) is 13.3. The van der Waals surface area contributed by atoms with Gasteiger partial charge in [0.15, 0.2) is 0 Å². The zero-order valence-electron chi connectivity index (χ0n) is 19.4. The summed E-state index contributed by atoms with van der Waals surface area (Å²) in [5, 5.41) is 42.2. The molecule has 0 amide bonds. The fourth-order valence-electron chi connectivity index (χ4n) is 4.73. The number of likely N-dealkylation sites (tertiary alicyclic amines) is 1. The van der Waals surface area contributed by atoms with E-state index < -0.39 is 30.5 Å². The van der Waals surface area contributed by atoms with Gasteiger partial charge in [-0.2, -0.15) is 0 Å². The van der Waals surface area contributed by atoms with E-state index in [0.717, 1.165) is 16.9 Å². The van der Waals surface area contributed by atoms with Crippen molar-refractivity contribution in [2.75, 3.05) is 26.2 Å². The third-order valence-corrected chi connectivity index (χ3v) is 7.10. The van der Waals surface area contributed by atoms with E-state index in [1.807, 2.05) is 37.3 Å². The number of benzene rings is 2. The quantitative estimate of drug-likeness (QED) is 0.471. The van der Waals surface area contributed by atoms with Crippen molar-refractivity contribution in [3.63, 3.8) is 0 Å². The molecule has 2 aliphatic heterocycles. The molecule has 0 radical (unpaired) electrons. The van der Waals surface area contributed by atoms with Crippen LogP contribution in [-0.2, 0) is 11.2 Å². The van der Waals surface area contributed by atoms with Crippen LogP contribution in [0.25, 0.3) is 0 Å². The van der Waals surface area contributed by atoms with E-state index in [1.165, 1.54) is 0 Å². The van der Waals surface area contributed by atoms with Crippen LogP contribution in [0.5, 0.6) is 5.75 Å². The minimum atomic E-state index is -1.33. The molecule has 2 fully saturated rings. The van der Waals surface area contributed by atoms with Crippen LogP contribution < -0.4 is 4.74 Å². The molecule has 8 heteroatoms. The minimum absolute atomic E-state index is 0.295. The number of halogens is 1. The Kier molecular flexibility index (Phi) is 8.47. The predicted molar refractivity (Wildman–Crippen MR) is 129 cm³/mol. The molecule has 2 heterocycles. The molecule has 0 aromatic heterocycles. The van der Waals surface area contributed by atoms with Crippen molar-refractivity contribution >= 4 is 11.6 Å². The molecule has 2 saturated heterocycles. The van der Waals surface area contributed by atoms with E-state index in [0.29, 0.717) is 56.1 Å². The number of aliphatic hydroxyl groups excluding tert-OH is 4. The van der Waals surface area contributed by atoms with E-state index >= 15 is 0 Å². The zero-order valence-corrected chi connectivity index (χ0v) is 20.1. The van der Waals surface area contributed by atoms with E-state index in [9.17, 15) is 20.4 Å². The molecule has 4 rings (SSSR count). The molecule has 2 aromatic carbocycles. The van der Waals surface area contributed by atoms with Crippen LogP contribution in [0, 0.1) is 0 Å². The van der Waals surface area contributed by atoms with Gasteiger partial charge in [-0.1, -0.05) is 35.9 Å². The third-order valence-electron chi connectivity index (χ3n) is 6.73. The molecule has 34 heavy (non-hydrogen) atoms. The van der Waals surface area contributed by atoms with E-state index in [4.69, 9.17) is 21.1 Å². The van der Waals surface area contributed by atoms with Crippen LogP contribution >= 0.6 is 11.6 Å². The number of aliphatic hydroxyl groups is 4. The van der Waals surface area contributed by atoms with Crippen LogP contribution in [0.1, 0.15) is 42.6 Å². The van der Waals surface area contributed by atoms with Crippen molar-refractivity contribution in [3.8, 4) is 5.75 Å². The second-order valence-electron chi connectivity index (χ2n) is 9.20. The molecular weight excluding hydrogens is 458 g/mol. The lowest BCUT2D eigenvalue weighted by Crippen LogP contribution is -2.57. The first kappa shape index (κ1) is 25.4. The first-order chi connectivity index (χ1) is 16.4. The normalized spacial score (nSPS) is 28.7. The number of hydrogen-bond acceptors (Lipinski definition) is 7. The molecule has 0 aliphatic carbocycles. The van der Waals surface area contributed by atoms with Gasteiger partial charge in [0.2, 0.25) is 0 Å². The van der Waals surface area contributed by atoms with E-state index in [1.54, 1.807) is 12.1 Å². The highest BCUT2D eigenvalue weighted by atomic mass is 35.5. The summed E-state index contributed by atoms with van der Waals surface area (Å²) < 4.78 is 11.7. The minimum Gasteiger partial charge on any atom is -0.494 e. The molecule has 2 aromatic rings. The number of nitrogens with zero attached hydrogens (tertiary/aromatic N) is 1. The summed E-state index contributed by atoms with van der Waals surface area (Å²) in [7, 11) is 0. The average Bonchev–Trinajstić information content (AvgIpc) is 2.84. The number of ether oxygens (including phenoxy) is 2. The summed E-state index contributed by atoms with van der Waals surface area (Å²) in [4.78, 5) is 2.11. The number of piperidine rings is 1. The maximum Gasteiger partial charge on any atom is 0.119 e. The molecule has 0 spiro atoms. The Morgan fingerprint density at radius 1 is 0.971 bits per heavy atom. The summed E-state index contributed by atoms with van der Waals surface area (Å²) in [5.41, 5.74) is 2.64. The van der Waals surface area contributed by atoms with Crippen LogP contribution in [0.4, 0.5) is 0 Å². The third kappa shape index (κ3) is 5.91. The lowest BCUT2D eigenvalue weighted by Gasteiger charge is -2.43. The van der Waals surface area contributed by atoms with Crippen molar-refractivity contribution in [2.45, 2.75) is 62.8 Å². The van der Waals surface area contributed by atoms with Crippen molar-refractivity contribution in [3.05, 3.63) is 64.2 Å². The Bertz CT molecular complexity index is 933. The van der Waals surface area contributed by atoms with Gasteiger partial charge < -0.3 is 34.8 Å². The largest absolute Gasteiger partial charge is 0.494 e. The van der Waals surface area contributed by atoms with Crippen LogP contribution in [-0.4, -0.2) is 82.1 Å². The summed E-state index contributed by atoms with van der Waals surface area (Å²) in [5.74, 6) is 0.812. The second-order valence-corrected chi connectivity index (χ2v) is 9.61. The van der Waals surface area contributed by atoms with Gasteiger partial charge in [-0.3, -0.25) is 0 Å². The first-order valence-electron chi connectivity index (χ1n) is 12.0. The molecule has 0 saturated carbocycles. The monoisotopic (exact) mass is 491 g/mol. The summed E-state index contributed by atoms with van der Waals surface area (Å²) in [6.45, 7) is 4.37. The Labute approximate surface area is 205 Å². The molecule has 2 aliphatic rings. The molecule has 4 N–H and O–H groups in total. The van der Waals surface area contributed by atoms with Gasteiger partial charge in [0.25, 0.3) is 0 Å². The number of rotatable bonds is 7. The van der Waals surface area contributed by atoms with Crippen molar-refractivity contribution in [2.24, 2.45) is 0 Å². The highest BCUT2D eigenvalue weighted by molar-refractivity contribution is 6.31. The lowest BCUT2D eigenvalue weighted by atomic mass is 9.89. The SMILES string of the molecule is CCOc1ccc(Cc2cc([C@@H]3O[C@H](CN4CCC(O)CC4)[C@@H](O)[C@H](O)[C@H]3O)ccc2Cl)cc1. The van der Waals surface area contributed by atoms with Gasteiger partial charge in [-0.25, -0.2) is 0 Å². The van der Waals surface area contributed by atoms with Gasteiger partial charge in [-0.15, -0.1) is 0 Å². The van der Waals surface area contributed by atoms with Crippen molar-refractivity contribution < 1.29 is 29.9 Å². The van der Waals surface area contributed by atoms with Crippen LogP contribution in [0.2, 0.25) is 5.02 Å². The van der Waals surface area contributed by atoms with Crippen molar-refractivity contribution in [1.29, 1.82) is 0 Å². The van der Waals surface area contributed by atoms with Gasteiger partial charge in [0.1, 0.15) is 30.2 Å². The van der Waals surface area contributed by atoms with Crippen molar-refractivity contribution in [1.82, 2.24) is 4.90 Å². The summed E-state index contributed by atoms with van der Waals surface area (Å²) >= 11 is 6.48. The molecule has 0 unspecified atom stereocenters. The smallest absolute Gasteiger partial charge is 0.119 e. The fraction of sp³-hybridized carbons (Fsp3) is 0.538. The molecular formula is C26H34ClNO6. The van der Waals surface area contributed by atoms with E-state index in [-0.39, 0.29) is 6.10 Å². The van der Waals surface area contributed by atoms with Gasteiger partial charge >= 0.3 is 0 Å². The Morgan fingerprint density at radius 3 is 2.35 bits per heavy atom. The predicted octanol–water partition coefficient (Wildman–Crippen LogP) is 2.31. The van der Waals surface area contributed by atoms with Gasteiger partial charge in [0, 0.05) is 24.7 Å². The Morgan fingerprint density at radius 2 is 1.68 bits per heavy atom. The molecule has 7 nitrogen and oxygen atoms in total. The maximum atomic E-state index is 10.7. The summed E-state index contributed by atoms with van der Waals surface area (Å²) in [6.07, 6.45) is -3.62. The van der Waals surface area contributed by atoms with Gasteiger partial charge in [-0.05, 0) is 61.1 Å². The highest BCUT2D eigenvalue weighted by Crippen LogP contribution is 2.35. The maximum absolute atomic E-state index is 10.7. The lowest BCUT2D eigenvalue weighted by molar-refractivity contribution is -0.228. The zero-order chi connectivity index (χ0) is 24.2. The number of hydrogen-bond donors (Lipinski definition) is 4. The Balaban J connectivity index is 1.50. The Hall–Kier alpha value is -1.71. The average molecular weight is 492 g/mol. The topological polar surface area (TPSA) is 103 Å². The molecule has 5 atom stereocenters. The fourth-order valence-corrected chi connectivity index (χ4v) is 4.92. The molecule has 0 bridgehead atoms. The van der Waals surface area contributed by atoms with Gasteiger partial charge in [0.05, 0.1) is 18.8 Å². The van der Waals surface area contributed by atoms with E-state index in [2.05, 4.69) is 4.90 Å². The second kappa shape index (κ2) is 11.4.